The Morgan fingerprint density at radius 2 is 1.96 bits per heavy atom. The smallest absolute Gasteiger partial charge is 0.269 e. The lowest BCUT2D eigenvalue weighted by Gasteiger charge is -2.04. The number of nitrogens with zero attached hydrogens (tertiary/aromatic N) is 1. The Kier molecular flexibility index (Phi) is 5.14. The highest BCUT2D eigenvalue weighted by Crippen LogP contribution is 2.20. The molecule has 0 atom stereocenters. The molecule has 25 heavy (non-hydrogen) atoms. The Hall–Kier alpha value is -2.66. The number of aryl methyl sites for hydroxylation is 1. The van der Waals surface area contributed by atoms with Gasteiger partial charge in [0, 0.05) is 17.1 Å². The molecule has 0 unspecified atom stereocenters. The molecule has 0 saturated heterocycles. The minimum absolute atomic E-state index is 0.230. The molecule has 0 radical (unpaired) electrons. The SMILES string of the molecule is Cc1cc(-c2cc(C(=O)NCCc3ccc(Cl)cc3)[nH]n2)ccc1F. The minimum Gasteiger partial charge on any atom is -0.350 e. The van der Waals surface area contributed by atoms with Gasteiger partial charge in [0.15, 0.2) is 0 Å². The van der Waals surface area contributed by atoms with Gasteiger partial charge in [0.05, 0.1) is 5.69 Å². The molecule has 0 saturated carbocycles. The largest absolute Gasteiger partial charge is 0.350 e. The lowest BCUT2D eigenvalue weighted by Crippen LogP contribution is -2.26. The second kappa shape index (κ2) is 7.49. The molecule has 1 amide bonds. The fraction of sp³-hybridized carbons (Fsp3) is 0.158. The van der Waals surface area contributed by atoms with Gasteiger partial charge >= 0.3 is 0 Å². The van der Waals surface area contributed by atoms with E-state index in [1.165, 1.54) is 6.07 Å². The maximum Gasteiger partial charge on any atom is 0.269 e. The van der Waals surface area contributed by atoms with Crippen LogP contribution in [0.3, 0.4) is 0 Å². The van der Waals surface area contributed by atoms with E-state index in [2.05, 4.69) is 15.5 Å². The standard InChI is InChI=1S/C19H17ClFN3O/c1-12-10-14(4-7-16(12)21)17-11-18(24-23-17)19(25)22-9-8-13-2-5-15(20)6-3-13/h2-7,10-11H,8-9H2,1H3,(H,22,25)(H,23,24). The fourth-order valence-corrected chi connectivity index (χ4v) is 2.58. The van der Waals surface area contributed by atoms with Crippen molar-refractivity contribution in [2.24, 2.45) is 0 Å². The molecule has 0 bridgehead atoms. The van der Waals surface area contributed by atoms with Gasteiger partial charge in [0.1, 0.15) is 11.5 Å². The number of hydrogen-bond acceptors (Lipinski definition) is 2. The van der Waals surface area contributed by atoms with Crippen LogP contribution in [0.5, 0.6) is 0 Å². The highest BCUT2D eigenvalue weighted by atomic mass is 35.5. The second-order valence-corrected chi connectivity index (χ2v) is 6.20. The number of rotatable bonds is 5. The van der Waals surface area contributed by atoms with Crippen molar-refractivity contribution in [2.45, 2.75) is 13.3 Å². The maximum absolute atomic E-state index is 13.3. The molecule has 0 aliphatic heterocycles. The van der Waals surface area contributed by atoms with E-state index in [0.717, 1.165) is 11.1 Å². The van der Waals surface area contributed by atoms with Gasteiger partial charge in [-0.2, -0.15) is 5.10 Å². The number of carbonyl (C=O) groups is 1. The van der Waals surface area contributed by atoms with E-state index in [1.54, 1.807) is 25.1 Å². The van der Waals surface area contributed by atoms with E-state index in [1.807, 2.05) is 24.3 Å². The Balaban J connectivity index is 1.60. The molecule has 0 aliphatic carbocycles. The second-order valence-electron chi connectivity index (χ2n) is 5.76. The molecule has 128 valence electrons. The summed E-state index contributed by atoms with van der Waals surface area (Å²) in [5.74, 6) is -0.494. The predicted molar refractivity (Wildman–Crippen MR) is 96.2 cm³/mol. The molecule has 4 nitrogen and oxygen atoms in total. The fourth-order valence-electron chi connectivity index (χ4n) is 2.46. The Bertz CT molecular complexity index is 890. The summed E-state index contributed by atoms with van der Waals surface area (Å²) in [7, 11) is 0. The number of nitrogens with one attached hydrogen (secondary N) is 2. The van der Waals surface area contributed by atoms with E-state index in [-0.39, 0.29) is 11.7 Å². The molecule has 2 N–H and O–H groups in total. The summed E-state index contributed by atoms with van der Waals surface area (Å²) in [4.78, 5) is 12.2. The number of aromatic nitrogens is 2. The van der Waals surface area contributed by atoms with Crippen molar-refractivity contribution in [3.05, 3.63) is 76.2 Å². The zero-order valence-electron chi connectivity index (χ0n) is 13.6. The summed E-state index contributed by atoms with van der Waals surface area (Å²) in [6.45, 7) is 2.19. The summed E-state index contributed by atoms with van der Waals surface area (Å²) in [6.07, 6.45) is 0.709. The van der Waals surface area contributed by atoms with Crippen LogP contribution in [0.25, 0.3) is 11.3 Å². The first-order valence-corrected chi connectivity index (χ1v) is 8.25. The lowest BCUT2D eigenvalue weighted by molar-refractivity contribution is 0.0949. The first-order chi connectivity index (χ1) is 12.0. The number of benzene rings is 2. The first-order valence-electron chi connectivity index (χ1n) is 7.87. The van der Waals surface area contributed by atoms with Crippen molar-refractivity contribution >= 4 is 17.5 Å². The zero-order valence-corrected chi connectivity index (χ0v) is 14.4. The quantitative estimate of drug-likeness (QED) is 0.720. The summed E-state index contributed by atoms with van der Waals surface area (Å²) >= 11 is 5.85. The van der Waals surface area contributed by atoms with E-state index in [0.29, 0.717) is 34.9 Å². The van der Waals surface area contributed by atoms with E-state index in [4.69, 9.17) is 11.6 Å². The highest BCUT2D eigenvalue weighted by molar-refractivity contribution is 6.30. The van der Waals surface area contributed by atoms with Gasteiger partial charge in [0.2, 0.25) is 0 Å². The number of hydrogen-bond donors (Lipinski definition) is 2. The molecule has 0 spiro atoms. The van der Waals surface area contributed by atoms with Crippen LogP contribution < -0.4 is 5.32 Å². The van der Waals surface area contributed by atoms with E-state index < -0.39 is 0 Å². The molecule has 0 fully saturated rings. The Morgan fingerprint density at radius 3 is 2.68 bits per heavy atom. The average molecular weight is 358 g/mol. The molecule has 1 heterocycles. The van der Waals surface area contributed by atoms with Crippen LogP contribution in [0.4, 0.5) is 4.39 Å². The van der Waals surface area contributed by atoms with Crippen molar-refractivity contribution < 1.29 is 9.18 Å². The number of aromatic amines is 1. The van der Waals surface area contributed by atoms with Crippen molar-refractivity contribution in [3.8, 4) is 11.3 Å². The van der Waals surface area contributed by atoms with Gasteiger partial charge in [-0.25, -0.2) is 4.39 Å². The number of amides is 1. The summed E-state index contributed by atoms with van der Waals surface area (Å²) < 4.78 is 13.3. The third kappa shape index (κ3) is 4.25. The minimum atomic E-state index is -0.264. The molecule has 0 aliphatic rings. The zero-order chi connectivity index (χ0) is 17.8. The molecular formula is C19H17ClFN3O. The van der Waals surface area contributed by atoms with Crippen molar-refractivity contribution in [1.29, 1.82) is 0 Å². The van der Waals surface area contributed by atoms with Crippen molar-refractivity contribution in [3.63, 3.8) is 0 Å². The lowest BCUT2D eigenvalue weighted by atomic mass is 10.1. The van der Waals surface area contributed by atoms with Crippen LogP contribution in [-0.4, -0.2) is 22.6 Å². The molecule has 1 aromatic heterocycles. The Morgan fingerprint density at radius 1 is 1.20 bits per heavy atom. The van der Waals surface area contributed by atoms with Gasteiger partial charge in [-0.3, -0.25) is 9.89 Å². The maximum atomic E-state index is 13.3. The monoisotopic (exact) mass is 357 g/mol. The van der Waals surface area contributed by atoms with E-state index >= 15 is 0 Å². The van der Waals surface area contributed by atoms with Gasteiger partial charge in [0.25, 0.3) is 5.91 Å². The van der Waals surface area contributed by atoms with Crippen LogP contribution in [0.1, 0.15) is 21.6 Å². The summed E-state index contributed by atoms with van der Waals surface area (Å²) in [5, 5.41) is 10.4. The third-order valence-corrected chi connectivity index (χ3v) is 4.14. The number of carbonyl (C=O) groups excluding carboxylic acids is 1. The normalized spacial score (nSPS) is 10.7. The number of H-pyrrole nitrogens is 1. The van der Waals surface area contributed by atoms with Crippen molar-refractivity contribution in [2.75, 3.05) is 6.54 Å². The van der Waals surface area contributed by atoms with Crippen LogP contribution in [0.15, 0.2) is 48.5 Å². The highest BCUT2D eigenvalue weighted by Gasteiger charge is 2.11. The van der Waals surface area contributed by atoms with Gasteiger partial charge in [-0.1, -0.05) is 23.7 Å². The van der Waals surface area contributed by atoms with E-state index in [9.17, 15) is 9.18 Å². The van der Waals surface area contributed by atoms with Crippen LogP contribution in [0.2, 0.25) is 5.02 Å². The predicted octanol–water partition coefficient (Wildman–Crippen LogP) is 4.15. The van der Waals surface area contributed by atoms with Gasteiger partial charge in [-0.05, 0) is 60.9 Å². The summed E-state index contributed by atoms with van der Waals surface area (Å²) in [6, 6.07) is 13.9. The topological polar surface area (TPSA) is 57.8 Å². The van der Waals surface area contributed by atoms with Crippen LogP contribution in [-0.2, 0) is 6.42 Å². The van der Waals surface area contributed by atoms with Crippen LogP contribution >= 0.6 is 11.6 Å². The molecular weight excluding hydrogens is 341 g/mol. The summed E-state index contributed by atoms with van der Waals surface area (Å²) in [5.41, 5.74) is 3.36. The average Bonchev–Trinajstić information content (AvgIpc) is 3.09. The molecule has 3 aromatic rings. The van der Waals surface area contributed by atoms with Gasteiger partial charge < -0.3 is 5.32 Å². The molecule has 6 heteroatoms. The Labute approximate surface area is 150 Å². The molecule has 2 aromatic carbocycles. The molecule has 3 rings (SSSR count). The van der Waals surface area contributed by atoms with Gasteiger partial charge in [-0.15, -0.1) is 0 Å². The first kappa shape index (κ1) is 17.2. The number of halogens is 2. The third-order valence-electron chi connectivity index (χ3n) is 3.89. The van der Waals surface area contributed by atoms with Crippen molar-refractivity contribution in [1.82, 2.24) is 15.5 Å². The van der Waals surface area contributed by atoms with Crippen LogP contribution in [0, 0.1) is 12.7 Å².